The van der Waals surface area contributed by atoms with Gasteiger partial charge in [-0.15, -0.1) is 0 Å². The number of ether oxygens (including phenoxy) is 1. The molecule has 1 aromatic heterocycles. The Bertz CT molecular complexity index is 568. The molecule has 2 fully saturated rings. The van der Waals surface area contributed by atoms with E-state index in [4.69, 9.17) is 4.74 Å². The van der Waals surface area contributed by atoms with Gasteiger partial charge >= 0.3 is 6.09 Å². The maximum Gasteiger partial charge on any atom is 0.410 e. The van der Waals surface area contributed by atoms with Gasteiger partial charge in [0.2, 0.25) is 0 Å². The van der Waals surface area contributed by atoms with Crippen molar-refractivity contribution in [3.8, 4) is 0 Å². The number of hydrogen-bond acceptors (Lipinski definition) is 3. The fourth-order valence-corrected chi connectivity index (χ4v) is 4.84. The molecule has 2 atom stereocenters. The highest BCUT2D eigenvalue weighted by molar-refractivity contribution is 9.11. The third-order valence-corrected chi connectivity index (χ3v) is 5.30. The molecule has 0 radical (unpaired) electrons. The van der Waals surface area contributed by atoms with Crippen LogP contribution in [0.3, 0.4) is 0 Å². The van der Waals surface area contributed by atoms with Crippen LogP contribution in [-0.2, 0) is 4.74 Å². The fourth-order valence-electron chi connectivity index (χ4n) is 3.56. The molecule has 1 amide bonds. The first-order valence-corrected chi connectivity index (χ1v) is 9.25. The van der Waals surface area contributed by atoms with Crippen molar-refractivity contribution in [2.75, 3.05) is 0 Å². The van der Waals surface area contributed by atoms with Gasteiger partial charge in [0.15, 0.2) is 0 Å². The summed E-state index contributed by atoms with van der Waals surface area (Å²) < 4.78 is 9.42. The summed E-state index contributed by atoms with van der Waals surface area (Å²) in [6.45, 7) is 5.74. The number of nitrogens with zero attached hydrogens (tertiary/aromatic N) is 3. The molecule has 3 rings (SSSR count). The molecule has 2 unspecified atom stereocenters. The van der Waals surface area contributed by atoms with Gasteiger partial charge in [0.05, 0.1) is 6.04 Å². The highest BCUT2D eigenvalue weighted by Gasteiger charge is 2.45. The lowest BCUT2D eigenvalue weighted by Gasteiger charge is -2.39. The molecule has 0 saturated carbocycles. The SMILES string of the molecule is CC(C)(C)OC(=O)N1C2CCC1CC(n1nc(Br)cc1Br)C2. The number of rotatable bonds is 1. The molecule has 3 heterocycles. The number of hydrogen-bond donors (Lipinski definition) is 0. The van der Waals surface area contributed by atoms with Crippen molar-refractivity contribution >= 4 is 38.0 Å². The van der Waals surface area contributed by atoms with Gasteiger partial charge in [-0.05, 0) is 78.3 Å². The third kappa shape index (κ3) is 3.20. The van der Waals surface area contributed by atoms with E-state index in [9.17, 15) is 4.79 Å². The minimum atomic E-state index is -0.441. The number of piperidine rings is 1. The van der Waals surface area contributed by atoms with Crippen molar-refractivity contribution in [2.45, 2.75) is 70.2 Å². The molecule has 1 aromatic rings. The van der Waals surface area contributed by atoms with E-state index in [1.807, 2.05) is 36.4 Å². The summed E-state index contributed by atoms with van der Waals surface area (Å²) in [7, 11) is 0. The van der Waals surface area contributed by atoms with Gasteiger partial charge < -0.3 is 9.64 Å². The lowest BCUT2D eigenvalue weighted by molar-refractivity contribution is 0.00218. The van der Waals surface area contributed by atoms with Gasteiger partial charge in [-0.25, -0.2) is 4.79 Å². The van der Waals surface area contributed by atoms with E-state index in [1.54, 1.807) is 0 Å². The normalized spacial score (nSPS) is 28.0. The second-order valence-corrected chi connectivity index (χ2v) is 8.76. The molecule has 2 saturated heterocycles. The zero-order valence-corrected chi connectivity index (χ0v) is 16.2. The first-order valence-electron chi connectivity index (χ1n) is 7.66. The van der Waals surface area contributed by atoms with Crippen molar-refractivity contribution in [3.63, 3.8) is 0 Å². The van der Waals surface area contributed by atoms with E-state index in [2.05, 4.69) is 37.0 Å². The lowest BCUT2D eigenvalue weighted by atomic mass is 9.98. The zero-order valence-electron chi connectivity index (χ0n) is 13.1. The molecule has 0 aromatic carbocycles. The van der Waals surface area contributed by atoms with Crippen LogP contribution in [0.5, 0.6) is 0 Å². The number of fused-ring (bicyclic) bond motifs is 2. The Morgan fingerprint density at radius 2 is 1.82 bits per heavy atom. The average Bonchev–Trinajstić information content (AvgIpc) is 2.84. The standard InChI is InChI=1S/C15H21Br2N3O2/c1-15(2,3)22-14(21)19-9-4-5-10(19)7-11(6-9)20-13(17)8-12(16)18-20/h8-11H,4-7H2,1-3H3. The number of carbonyl (C=O) groups is 1. The van der Waals surface area contributed by atoms with Crippen molar-refractivity contribution in [1.29, 1.82) is 0 Å². The molecule has 2 aliphatic rings. The van der Waals surface area contributed by atoms with Gasteiger partial charge in [0.1, 0.15) is 14.8 Å². The summed E-state index contributed by atoms with van der Waals surface area (Å²) in [4.78, 5) is 14.4. The van der Waals surface area contributed by atoms with Crippen LogP contribution in [0, 0.1) is 0 Å². The molecule has 0 N–H and O–H groups in total. The Hall–Kier alpha value is -0.560. The second kappa shape index (κ2) is 5.82. The number of aromatic nitrogens is 2. The van der Waals surface area contributed by atoms with Crippen LogP contribution in [-0.4, -0.2) is 38.5 Å². The Morgan fingerprint density at radius 3 is 2.27 bits per heavy atom. The third-order valence-electron chi connectivity index (χ3n) is 4.32. The van der Waals surface area contributed by atoms with Gasteiger partial charge in [-0.3, -0.25) is 4.68 Å². The molecule has 5 nitrogen and oxygen atoms in total. The predicted molar refractivity (Wildman–Crippen MR) is 90.8 cm³/mol. The lowest BCUT2D eigenvalue weighted by Crippen LogP contribution is -2.48. The number of carbonyl (C=O) groups excluding carboxylic acids is 1. The van der Waals surface area contributed by atoms with Crippen molar-refractivity contribution in [1.82, 2.24) is 14.7 Å². The van der Waals surface area contributed by atoms with Crippen LogP contribution >= 0.6 is 31.9 Å². The quantitative estimate of drug-likeness (QED) is 0.653. The highest BCUT2D eigenvalue weighted by atomic mass is 79.9. The van der Waals surface area contributed by atoms with E-state index in [1.165, 1.54) is 0 Å². The van der Waals surface area contributed by atoms with Crippen LogP contribution in [0.4, 0.5) is 4.79 Å². The summed E-state index contributed by atoms with van der Waals surface area (Å²) >= 11 is 6.98. The maximum absolute atomic E-state index is 12.5. The largest absolute Gasteiger partial charge is 0.444 e. The van der Waals surface area contributed by atoms with Crippen LogP contribution in [0.25, 0.3) is 0 Å². The fraction of sp³-hybridized carbons (Fsp3) is 0.733. The zero-order chi connectivity index (χ0) is 16.1. The minimum Gasteiger partial charge on any atom is -0.444 e. The summed E-state index contributed by atoms with van der Waals surface area (Å²) in [5, 5.41) is 4.51. The molecule has 2 bridgehead atoms. The minimum absolute atomic E-state index is 0.167. The Labute approximate surface area is 147 Å². The van der Waals surface area contributed by atoms with E-state index >= 15 is 0 Å². The van der Waals surface area contributed by atoms with Gasteiger partial charge in [-0.1, -0.05) is 0 Å². The summed E-state index contributed by atoms with van der Waals surface area (Å²) in [6.07, 6.45) is 3.81. The Balaban J connectivity index is 1.74. The first-order chi connectivity index (χ1) is 10.2. The molecule has 2 aliphatic heterocycles. The summed E-state index contributed by atoms with van der Waals surface area (Å²) in [5.41, 5.74) is -0.441. The number of amides is 1. The molecule has 7 heteroatoms. The average molecular weight is 435 g/mol. The topological polar surface area (TPSA) is 47.4 Å². The Kier molecular flexibility index (Phi) is 4.31. The summed E-state index contributed by atoms with van der Waals surface area (Å²) in [5.74, 6) is 0. The molecule has 0 spiro atoms. The van der Waals surface area contributed by atoms with Crippen molar-refractivity contribution < 1.29 is 9.53 Å². The van der Waals surface area contributed by atoms with Crippen LogP contribution in [0.2, 0.25) is 0 Å². The van der Waals surface area contributed by atoms with Crippen molar-refractivity contribution in [3.05, 3.63) is 15.3 Å². The van der Waals surface area contributed by atoms with E-state index in [0.29, 0.717) is 6.04 Å². The molecule has 22 heavy (non-hydrogen) atoms. The number of halogens is 2. The van der Waals surface area contributed by atoms with E-state index in [-0.39, 0.29) is 18.2 Å². The van der Waals surface area contributed by atoms with E-state index < -0.39 is 5.60 Å². The molecule has 122 valence electrons. The van der Waals surface area contributed by atoms with Crippen LogP contribution in [0.15, 0.2) is 15.3 Å². The molecular formula is C15H21Br2N3O2. The van der Waals surface area contributed by atoms with E-state index in [0.717, 1.165) is 34.9 Å². The van der Waals surface area contributed by atoms with Gasteiger partial charge in [0, 0.05) is 18.2 Å². The maximum atomic E-state index is 12.5. The van der Waals surface area contributed by atoms with Crippen LogP contribution in [0.1, 0.15) is 52.5 Å². The smallest absolute Gasteiger partial charge is 0.410 e. The van der Waals surface area contributed by atoms with Crippen LogP contribution < -0.4 is 0 Å². The highest BCUT2D eigenvalue weighted by Crippen LogP contribution is 2.42. The summed E-state index contributed by atoms with van der Waals surface area (Å²) in [6, 6.07) is 2.81. The second-order valence-electron chi connectivity index (χ2n) is 7.13. The van der Waals surface area contributed by atoms with Gasteiger partial charge in [0.25, 0.3) is 0 Å². The van der Waals surface area contributed by atoms with Crippen molar-refractivity contribution in [2.24, 2.45) is 0 Å². The molecule has 0 aliphatic carbocycles. The predicted octanol–water partition coefficient (Wildman–Crippen LogP) is 4.51. The first kappa shape index (κ1) is 16.3. The monoisotopic (exact) mass is 433 g/mol. The van der Waals surface area contributed by atoms with Gasteiger partial charge in [-0.2, -0.15) is 5.10 Å². The Morgan fingerprint density at radius 1 is 1.23 bits per heavy atom. The molecular weight excluding hydrogens is 414 g/mol.